The van der Waals surface area contributed by atoms with Gasteiger partial charge in [0, 0.05) is 6.42 Å². The van der Waals surface area contributed by atoms with Crippen LogP contribution in [-0.4, -0.2) is 64.5 Å². The highest BCUT2D eigenvalue weighted by molar-refractivity contribution is 5.94. The van der Waals surface area contributed by atoms with E-state index in [4.69, 9.17) is 11.5 Å². The number of nitrogens with two attached hydrogens (primary N) is 2. The standard InChI is InChI=1S/C20H29N5O7/c1-10(2)17(25-18(29)13(21)8-15(22)27)19(30)23-9-16(28)24-14(20(31)32)7-11-3-5-12(26)6-4-11/h3-6,10,13-14,17,26H,7-9,21H2,1-2H3,(H2,22,27)(H,23,30)(H,24,28)(H,25,29)(H,31,32). The van der Waals surface area contributed by atoms with E-state index in [1.54, 1.807) is 13.8 Å². The highest BCUT2D eigenvalue weighted by atomic mass is 16.4. The molecule has 1 aromatic rings. The van der Waals surface area contributed by atoms with Crippen molar-refractivity contribution in [2.24, 2.45) is 17.4 Å². The van der Waals surface area contributed by atoms with Crippen LogP contribution in [-0.2, 0) is 30.4 Å². The van der Waals surface area contributed by atoms with Crippen molar-refractivity contribution < 1.29 is 34.2 Å². The first kappa shape index (κ1) is 26.4. The Bertz CT molecular complexity index is 841. The Hall–Kier alpha value is -3.67. The first-order valence-electron chi connectivity index (χ1n) is 9.82. The van der Waals surface area contributed by atoms with Crippen LogP contribution in [0.25, 0.3) is 0 Å². The molecule has 3 unspecified atom stereocenters. The molecule has 0 aliphatic heterocycles. The maximum atomic E-state index is 12.4. The van der Waals surface area contributed by atoms with Gasteiger partial charge in [-0.2, -0.15) is 0 Å². The lowest BCUT2D eigenvalue weighted by Gasteiger charge is -2.23. The van der Waals surface area contributed by atoms with E-state index in [1.165, 1.54) is 24.3 Å². The molecule has 1 aromatic carbocycles. The van der Waals surface area contributed by atoms with Crippen molar-refractivity contribution in [1.82, 2.24) is 16.0 Å². The third kappa shape index (κ3) is 9.00. The van der Waals surface area contributed by atoms with Crippen LogP contribution in [0.1, 0.15) is 25.8 Å². The summed E-state index contributed by atoms with van der Waals surface area (Å²) in [5, 5.41) is 25.7. The van der Waals surface area contributed by atoms with Crippen molar-refractivity contribution in [2.75, 3.05) is 6.54 Å². The second-order valence-electron chi connectivity index (χ2n) is 7.55. The van der Waals surface area contributed by atoms with Gasteiger partial charge in [-0.25, -0.2) is 4.79 Å². The maximum absolute atomic E-state index is 12.4. The molecule has 0 saturated carbocycles. The number of phenolic OH excluding ortho intramolecular Hbond substituents is 1. The number of nitrogens with one attached hydrogen (secondary N) is 3. The van der Waals surface area contributed by atoms with E-state index in [0.29, 0.717) is 5.56 Å². The summed E-state index contributed by atoms with van der Waals surface area (Å²) in [6.45, 7) is 2.79. The lowest BCUT2D eigenvalue weighted by Crippen LogP contribution is -2.55. The van der Waals surface area contributed by atoms with Gasteiger partial charge in [0.2, 0.25) is 23.6 Å². The molecular weight excluding hydrogens is 422 g/mol. The van der Waals surface area contributed by atoms with Crippen LogP contribution < -0.4 is 27.4 Å². The minimum absolute atomic E-state index is 0.0229. The molecule has 0 fully saturated rings. The van der Waals surface area contributed by atoms with Gasteiger partial charge in [-0.1, -0.05) is 26.0 Å². The summed E-state index contributed by atoms with van der Waals surface area (Å²) in [6.07, 6.45) is -0.421. The van der Waals surface area contributed by atoms with Crippen LogP contribution in [0.3, 0.4) is 0 Å². The normalized spacial score (nSPS) is 13.5. The van der Waals surface area contributed by atoms with Crippen molar-refractivity contribution >= 4 is 29.6 Å². The molecular formula is C20H29N5O7. The maximum Gasteiger partial charge on any atom is 0.326 e. The van der Waals surface area contributed by atoms with E-state index in [-0.39, 0.29) is 18.1 Å². The molecule has 3 atom stereocenters. The number of aliphatic carboxylic acids is 1. The van der Waals surface area contributed by atoms with Gasteiger partial charge in [0.05, 0.1) is 19.0 Å². The Morgan fingerprint density at radius 1 is 1.00 bits per heavy atom. The molecule has 0 saturated heterocycles. The van der Waals surface area contributed by atoms with Crippen LogP contribution in [0, 0.1) is 5.92 Å². The predicted molar refractivity (Wildman–Crippen MR) is 113 cm³/mol. The number of amides is 4. The fourth-order valence-electron chi connectivity index (χ4n) is 2.70. The number of rotatable bonds is 12. The molecule has 0 bridgehead atoms. The van der Waals surface area contributed by atoms with Crippen LogP contribution in [0.4, 0.5) is 0 Å². The van der Waals surface area contributed by atoms with Gasteiger partial charge in [-0.15, -0.1) is 0 Å². The van der Waals surface area contributed by atoms with Crippen LogP contribution in [0.15, 0.2) is 24.3 Å². The topological polar surface area (TPSA) is 214 Å². The molecule has 1 rings (SSSR count). The monoisotopic (exact) mass is 451 g/mol. The summed E-state index contributed by atoms with van der Waals surface area (Å²) in [5.74, 6) is -4.56. The van der Waals surface area contributed by atoms with Gasteiger partial charge in [-0.05, 0) is 23.6 Å². The number of hydrogen-bond acceptors (Lipinski definition) is 7. The van der Waals surface area contributed by atoms with Gasteiger partial charge in [0.1, 0.15) is 17.8 Å². The number of carbonyl (C=O) groups is 5. The van der Waals surface area contributed by atoms with E-state index in [1.807, 2.05) is 0 Å². The molecule has 176 valence electrons. The molecule has 12 heteroatoms. The number of aromatic hydroxyl groups is 1. The van der Waals surface area contributed by atoms with E-state index in [2.05, 4.69) is 16.0 Å². The number of carboxylic acids is 1. The van der Waals surface area contributed by atoms with E-state index >= 15 is 0 Å². The van der Waals surface area contributed by atoms with Crippen molar-refractivity contribution in [3.63, 3.8) is 0 Å². The van der Waals surface area contributed by atoms with E-state index in [9.17, 15) is 34.2 Å². The molecule has 0 aliphatic rings. The number of carboxylic acid groups (broad SMARTS) is 1. The number of phenols is 1. The molecule has 0 aromatic heterocycles. The largest absolute Gasteiger partial charge is 0.508 e. The highest BCUT2D eigenvalue weighted by Crippen LogP contribution is 2.11. The summed E-state index contributed by atoms with van der Waals surface area (Å²) in [5.41, 5.74) is 11.1. The molecule has 0 heterocycles. The van der Waals surface area contributed by atoms with Crippen LogP contribution in [0.2, 0.25) is 0 Å². The molecule has 0 aliphatic carbocycles. The van der Waals surface area contributed by atoms with Crippen molar-refractivity contribution in [1.29, 1.82) is 0 Å². The molecule has 32 heavy (non-hydrogen) atoms. The van der Waals surface area contributed by atoms with Crippen LogP contribution >= 0.6 is 0 Å². The zero-order valence-electron chi connectivity index (χ0n) is 17.8. The quantitative estimate of drug-likeness (QED) is 0.187. The summed E-state index contributed by atoms with van der Waals surface area (Å²) in [4.78, 5) is 59.0. The average Bonchev–Trinajstić information content (AvgIpc) is 2.70. The molecule has 12 nitrogen and oxygen atoms in total. The van der Waals surface area contributed by atoms with Crippen molar-refractivity contribution in [3.05, 3.63) is 29.8 Å². The minimum Gasteiger partial charge on any atom is -0.508 e. The second kappa shape index (κ2) is 12.2. The summed E-state index contributed by atoms with van der Waals surface area (Å²) in [6, 6.07) is 2.33. The third-order valence-electron chi connectivity index (χ3n) is 4.44. The highest BCUT2D eigenvalue weighted by Gasteiger charge is 2.28. The lowest BCUT2D eigenvalue weighted by molar-refractivity contribution is -0.141. The molecule has 0 radical (unpaired) electrons. The Balaban J connectivity index is 2.65. The van der Waals surface area contributed by atoms with Crippen LogP contribution in [0.5, 0.6) is 5.75 Å². The van der Waals surface area contributed by atoms with Gasteiger partial charge in [0.25, 0.3) is 0 Å². The number of primary amides is 1. The average molecular weight is 451 g/mol. The third-order valence-corrected chi connectivity index (χ3v) is 4.44. The molecule has 9 N–H and O–H groups in total. The van der Waals surface area contributed by atoms with Gasteiger partial charge in [0.15, 0.2) is 0 Å². The van der Waals surface area contributed by atoms with E-state index < -0.39 is 60.7 Å². The molecule has 0 spiro atoms. The Kier molecular flexibility index (Phi) is 10.1. The Morgan fingerprint density at radius 2 is 1.59 bits per heavy atom. The Labute approximate surface area is 184 Å². The fourth-order valence-corrected chi connectivity index (χ4v) is 2.70. The zero-order valence-corrected chi connectivity index (χ0v) is 17.8. The van der Waals surface area contributed by atoms with E-state index in [0.717, 1.165) is 0 Å². The SMILES string of the molecule is CC(C)C(NC(=O)C(N)CC(N)=O)C(=O)NCC(=O)NC(Cc1ccc(O)cc1)C(=O)O. The smallest absolute Gasteiger partial charge is 0.326 e. The Morgan fingerprint density at radius 3 is 2.09 bits per heavy atom. The van der Waals surface area contributed by atoms with Crippen molar-refractivity contribution in [2.45, 2.75) is 44.8 Å². The molecule has 4 amide bonds. The lowest BCUT2D eigenvalue weighted by atomic mass is 10.0. The van der Waals surface area contributed by atoms with Gasteiger partial charge in [-0.3, -0.25) is 19.2 Å². The summed E-state index contributed by atoms with van der Waals surface area (Å²) < 4.78 is 0. The predicted octanol–water partition coefficient (Wildman–Crippen LogP) is -2.04. The van der Waals surface area contributed by atoms with Crippen molar-refractivity contribution in [3.8, 4) is 5.75 Å². The number of hydrogen-bond donors (Lipinski definition) is 7. The summed E-state index contributed by atoms with van der Waals surface area (Å²) >= 11 is 0. The zero-order chi connectivity index (χ0) is 24.4. The van der Waals surface area contributed by atoms with Gasteiger partial charge < -0.3 is 37.6 Å². The summed E-state index contributed by atoms with van der Waals surface area (Å²) in [7, 11) is 0. The first-order valence-corrected chi connectivity index (χ1v) is 9.82. The second-order valence-corrected chi connectivity index (χ2v) is 7.55. The minimum atomic E-state index is -1.27. The first-order chi connectivity index (χ1) is 14.9. The number of benzene rings is 1. The van der Waals surface area contributed by atoms with Gasteiger partial charge >= 0.3 is 5.97 Å². The fraction of sp³-hybridized carbons (Fsp3) is 0.450. The number of carbonyl (C=O) groups excluding carboxylic acids is 4.